The number of rotatable bonds is 14. The lowest BCUT2D eigenvalue weighted by Crippen LogP contribution is -2.47. The van der Waals surface area contributed by atoms with E-state index in [-0.39, 0.29) is 23.5 Å². The average Bonchev–Trinajstić information content (AvgIpc) is 2.82. The summed E-state index contributed by atoms with van der Waals surface area (Å²) in [6.07, 6.45) is 3.90. The molecule has 8 nitrogen and oxygen atoms in total. The molecule has 0 saturated heterocycles. The molecule has 4 N–H and O–H groups in total. The van der Waals surface area contributed by atoms with Gasteiger partial charge in [-0.2, -0.15) is 0 Å². The average molecular weight is 468 g/mol. The number of unbranched alkanes of at least 4 members (excludes halogenated alkanes) is 2. The second-order valence-electron chi connectivity index (χ2n) is 8.23. The molecule has 34 heavy (non-hydrogen) atoms. The summed E-state index contributed by atoms with van der Waals surface area (Å²) < 4.78 is 0. The molecule has 0 heterocycles. The highest BCUT2D eigenvalue weighted by atomic mass is 16.3. The molecule has 0 spiro atoms. The molecule has 2 aromatic carbocycles. The highest BCUT2D eigenvalue weighted by Crippen LogP contribution is 2.11. The normalized spacial score (nSPS) is 12.3. The van der Waals surface area contributed by atoms with Gasteiger partial charge in [0.15, 0.2) is 0 Å². The fourth-order valence-corrected chi connectivity index (χ4v) is 3.52. The van der Waals surface area contributed by atoms with E-state index in [4.69, 9.17) is 0 Å². The molecule has 8 heteroatoms. The number of hydrogen-bond acceptors (Lipinski definition) is 5. The lowest BCUT2D eigenvalue weighted by molar-refractivity contribution is -0.128. The standard InChI is InChI=1S/C26H33N3O5/c1-19(31)28-24(17-21-11-13-23(32)14-12-21)26(34)27-15-7-3-6-10-25(33)29-22(18-30)16-20-8-4-2-5-9-20/h2,4-5,8-9,11-14,18,22,24,32H,3,6-7,10,15-17H2,1H3,(H,27,34)(H,28,31)(H,29,33). The number of phenols is 1. The Hall–Kier alpha value is -3.68. The van der Waals surface area contributed by atoms with Gasteiger partial charge in [-0.15, -0.1) is 0 Å². The molecule has 0 aliphatic carbocycles. The fraction of sp³-hybridized carbons (Fsp3) is 0.385. The minimum absolute atomic E-state index is 0.135. The van der Waals surface area contributed by atoms with Gasteiger partial charge in [-0.1, -0.05) is 48.9 Å². The Morgan fingerprint density at radius 2 is 1.56 bits per heavy atom. The first kappa shape index (κ1) is 26.6. The number of benzene rings is 2. The van der Waals surface area contributed by atoms with E-state index in [1.165, 1.54) is 19.1 Å². The van der Waals surface area contributed by atoms with Crippen molar-refractivity contribution < 1.29 is 24.3 Å². The van der Waals surface area contributed by atoms with Crippen LogP contribution in [0.4, 0.5) is 0 Å². The second-order valence-corrected chi connectivity index (χ2v) is 8.23. The van der Waals surface area contributed by atoms with Gasteiger partial charge in [-0.05, 0) is 42.5 Å². The molecule has 0 saturated carbocycles. The van der Waals surface area contributed by atoms with Gasteiger partial charge in [-0.25, -0.2) is 0 Å². The summed E-state index contributed by atoms with van der Waals surface area (Å²) in [4.78, 5) is 47.4. The second kappa shape index (κ2) is 14.5. The Kier molecular flexibility index (Phi) is 11.3. The predicted molar refractivity (Wildman–Crippen MR) is 129 cm³/mol. The highest BCUT2D eigenvalue weighted by Gasteiger charge is 2.19. The minimum Gasteiger partial charge on any atom is -0.508 e. The van der Waals surface area contributed by atoms with Crippen molar-refractivity contribution in [1.29, 1.82) is 0 Å². The van der Waals surface area contributed by atoms with Crippen molar-refractivity contribution in [3.8, 4) is 5.75 Å². The predicted octanol–water partition coefficient (Wildman–Crippen LogP) is 2.04. The largest absolute Gasteiger partial charge is 0.508 e. The summed E-state index contributed by atoms with van der Waals surface area (Å²) in [5, 5.41) is 17.6. The van der Waals surface area contributed by atoms with Crippen molar-refractivity contribution >= 4 is 24.0 Å². The van der Waals surface area contributed by atoms with Crippen LogP contribution in [-0.2, 0) is 32.0 Å². The third kappa shape index (κ3) is 10.3. The first-order valence-electron chi connectivity index (χ1n) is 11.5. The summed E-state index contributed by atoms with van der Waals surface area (Å²) in [5.74, 6) is -0.617. The molecule has 2 aromatic rings. The first-order valence-corrected chi connectivity index (χ1v) is 11.5. The van der Waals surface area contributed by atoms with Crippen LogP contribution >= 0.6 is 0 Å². The quantitative estimate of drug-likeness (QED) is 0.250. The first-order chi connectivity index (χ1) is 16.4. The maximum atomic E-state index is 12.5. The Labute approximate surface area is 200 Å². The van der Waals surface area contributed by atoms with Gasteiger partial charge in [0.25, 0.3) is 0 Å². The van der Waals surface area contributed by atoms with Crippen molar-refractivity contribution in [1.82, 2.24) is 16.0 Å². The third-order valence-electron chi connectivity index (χ3n) is 5.26. The van der Waals surface area contributed by atoms with E-state index in [0.717, 1.165) is 23.8 Å². The summed E-state index contributed by atoms with van der Waals surface area (Å²) in [6.45, 7) is 1.79. The van der Waals surface area contributed by atoms with Gasteiger partial charge in [0.2, 0.25) is 17.7 Å². The Balaban J connectivity index is 1.66. The summed E-state index contributed by atoms with van der Waals surface area (Å²) in [7, 11) is 0. The molecule has 0 bridgehead atoms. The molecule has 2 atom stereocenters. The molecule has 182 valence electrons. The zero-order valence-electron chi connectivity index (χ0n) is 19.5. The van der Waals surface area contributed by atoms with E-state index in [1.807, 2.05) is 30.3 Å². The minimum atomic E-state index is -0.710. The van der Waals surface area contributed by atoms with E-state index in [0.29, 0.717) is 38.6 Å². The zero-order valence-corrected chi connectivity index (χ0v) is 19.5. The van der Waals surface area contributed by atoms with Crippen LogP contribution in [0.5, 0.6) is 5.75 Å². The number of aldehydes is 1. The molecule has 3 amide bonds. The van der Waals surface area contributed by atoms with Crippen molar-refractivity contribution in [3.63, 3.8) is 0 Å². The SMILES string of the molecule is CC(=O)NC(Cc1ccc(O)cc1)C(=O)NCCCCCC(=O)NC(C=O)Cc1ccccc1. The monoisotopic (exact) mass is 467 g/mol. The Morgan fingerprint density at radius 3 is 2.21 bits per heavy atom. The number of phenolic OH excluding ortho intramolecular Hbond substituents is 1. The van der Waals surface area contributed by atoms with Crippen LogP contribution in [0.2, 0.25) is 0 Å². The van der Waals surface area contributed by atoms with Crippen molar-refractivity contribution in [3.05, 3.63) is 65.7 Å². The van der Waals surface area contributed by atoms with E-state index in [1.54, 1.807) is 12.1 Å². The maximum absolute atomic E-state index is 12.5. The van der Waals surface area contributed by atoms with Gasteiger partial charge in [0.05, 0.1) is 6.04 Å². The third-order valence-corrected chi connectivity index (χ3v) is 5.26. The number of amides is 3. The topological polar surface area (TPSA) is 125 Å². The van der Waals surface area contributed by atoms with Crippen LogP contribution in [0.15, 0.2) is 54.6 Å². The maximum Gasteiger partial charge on any atom is 0.242 e. The molecule has 2 unspecified atom stereocenters. The van der Waals surface area contributed by atoms with Crippen LogP contribution in [0, 0.1) is 0 Å². The summed E-state index contributed by atoms with van der Waals surface area (Å²) in [5.41, 5.74) is 1.80. The molecule has 0 aromatic heterocycles. The van der Waals surface area contributed by atoms with Crippen LogP contribution in [-0.4, -0.2) is 47.7 Å². The lowest BCUT2D eigenvalue weighted by atomic mass is 10.0. The molecule has 0 aliphatic heterocycles. The highest BCUT2D eigenvalue weighted by molar-refractivity contribution is 5.87. The number of carbonyl (C=O) groups is 4. The van der Waals surface area contributed by atoms with E-state index < -0.39 is 12.1 Å². The van der Waals surface area contributed by atoms with Crippen molar-refractivity contribution in [2.24, 2.45) is 0 Å². The van der Waals surface area contributed by atoms with Gasteiger partial charge in [0, 0.05) is 26.3 Å². The molecule has 0 radical (unpaired) electrons. The summed E-state index contributed by atoms with van der Waals surface area (Å²) >= 11 is 0. The van der Waals surface area contributed by atoms with Crippen LogP contribution < -0.4 is 16.0 Å². The summed E-state index contributed by atoms with van der Waals surface area (Å²) in [6, 6.07) is 14.7. The van der Waals surface area contributed by atoms with E-state index >= 15 is 0 Å². The number of carbonyl (C=O) groups excluding carboxylic acids is 4. The Morgan fingerprint density at radius 1 is 0.882 bits per heavy atom. The van der Waals surface area contributed by atoms with E-state index in [2.05, 4.69) is 16.0 Å². The number of hydrogen-bond donors (Lipinski definition) is 4. The van der Waals surface area contributed by atoms with Gasteiger partial charge < -0.3 is 25.9 Å². The zero-order chi connectivity index (χ0) is 24.8. The fourth-order valence-electron chi connectivity index (χ4n) is 3.52. The number of nitrogens with one attached hydrogen (secondary N) is 3. The van der Waals surface area contributed by atoms with E-state index in [9.17, 15) is 24.3 Å². The van der Waals surface area contributed by atoms with Crippen molar-refractivity contribution in [2.75, 3.05) is 6.54 Å². The van der Waals surface area contributed by atoms with Crippen LogP contribution in [0.1, 0.15) is 43.7 Å². The van der Waals surface area contributed by atoms with Gasteiger partial charge in [-0.3, -0.25) is 14.4 Å². The van der Waals surface area contributed by atoms with Gasteiger partial charge >= 0.3 is 0 Å². The molecular weight excluding hydrogens is 434 g/mol. The molecule has 2 rings (SSSR count). The Bertz CT molecular complexity index is 931. The van der Waals surface area contributed by atoms with Crippen LogP contribution in [0.3, 0.4) is 0 Å². The molecule has 0 fully saturated rings. The number of aromatic hydroxyl groups is 1. The lowest BCUT2D eigenvalue weighted by Gasteiger charge is -2.18. The van der Waals surface area contributed by atoms with Gasteiger partial charge in [0.1, 0.15) is 18.1 Å². The molecule has 0 aliphatic rings. The molecular formula is C26H33N3O5. The smallest absolute Gasteiger partial charge is 0.242 e. The van der Waals surface area contributed by atoms with Crippen LogP contribution in [0.25, 0.3) is 0 Å². The van der Waals surface area contributed by atoms with Crippen molar-refractivity contribution in [2.45, 2.75) is 57.5 Å².